The van der Waals surface area contributed by atoms with E-state index in [1.807, 2.05) is 75.5 Å². The first-order valence-electron chi connectivity index (χ1n) is 13.5. The second-order valence-corrected chi connectivity index (χ2v) is 10.2. The summed E-state index contributed by atoms with van der Waals surface area (Å²) in [6.07, 6.45) is 2.57. The SMILES string of the molecule is CCOc1ccc(CN(CCc2c[nH]c3ccccc23)C(=O)CN(CC(C)C)C(=O)c2cc(F)cc(F)c2)cc1. The molecule has 210 valence electrons. The second-order valence-electron chi connectivity index (χ2n) is 10.2. The predicted molar refractivity (Wildman–Crippen MR) is 152 cm³/mol. The van der Waals surface area contributed by atoms with E-state index in [1.54, 1.807) is 4.90 Å². The molecule has 0 aliphatic carbocycles. The number of benzene rings is 3. The lowest BCUT2D eigenvalue weighted by Crippen LogP contribution is -2.44. The number of hydrogen-bond donors (Lipinski definition) is 1. The van der Waals surface area contributed by atoms with Crippen molar-refractivity contribution in [2.24, 2.45) is 5.92 Å². The van der Waals surface area contributed by atoms with Crippen LogP contribution in [0.1, 0.15) is 42.3 Å². The summed E-state index contributed by atoms with van der Waals surface area (Å²) in [5.41, 5.74) is 2.91. The highest BCUT2D eigenvalue weighted by Crippen LogP contribution is 2.20. The number of hydrogen-bond acceptors (Lipinski definition) is 3. The van der Waals surface area contributed by atoms with Gasteiger partial charge in [-0.3, -0.25) is 9.59 Å². The van der Waals surface area contributed by atoms with Crippen LogP contribution in [0, 0.1) is 17.6 Å². The first-order chi connectivity index (χ1) is 19.2. The number of carbonyl (C=O) groups excluding carboxylic acids is 2. The van der Waals surface area contributed by atoms with Crippen LogP contribution in [-0.2, 0) is 17.8 Å². The number of ether oxygens (including phenoxy) is 1. The lowest BCUT2D eigenvalue weighted by atomic mass is 10.1. The number of nitrogens with zero attached hydrogens (tertiary/aromatic N) is 2. The highest BCUT2D eigenvalue weighted by Gasteiger charge is 2.24. The van der Waals surface area contributed by atoms with Crippen LogP contribution in [-0.4, -0.2) is 52.8 Å². The van der Waals surface area contributed by atoms with Crippen LogP contribution in [0.2, 0.25) is 0 Å². The molecule has 4 aromatic rings. The monoisotopic (exact) mass is 547 g/mol. The molecule has 1 aromatic heterocycles. The Morgan fingerprint density at radius 2 is 1.65 bits per heavy atom. The van der Waals surface area contributed by atoms with Crippen molar-refractivity contribution in [2.75, 3.05) is 26.2 Å². The topological polar surface area (TPSA) is 65.6 Å². The van der Waals surface area contributed by atoms with E-state index < -0.39 is 17.5 Å². The van der Waals surface area contributed by atoms with Gasteiger partial charge in [0.2, 0.25) is 5.91 Å². The van der Waals surface area contributed by atoms with Gasteiger partial charge >= 0.3 is 0 Å². The lowest BCUT2D eigenvalue weighted by Gasteiger charge is -2.29. The van der Waals surface area contributed by atoms with Crippen molar-refractivity contribution in [2.45, 2.75) is 33.7 Å². The molecular weight excluding hydrogens is 512 g/mol. The molecule has 0 unspecified atom stereocenters. The van der Waals surface area contributed by atoms with Gasteiger partial charge in [-0.05, 0) is 60.7 Å². The number of amides is 2. The summed E-state index contributed by atoms with van der Waals surface area (Å²) in [6, 6.07) is 18.3. The number of para-hydroxylation sites is 1. The minimum absolute atomic E-state index is 0.0425. The largest absolute Gasteiger partial charge is 0.494 e. The van der Waals surface area contributed by atoms with Crippen LogP contribution < -0.4 is 4.74 Å². The van der Waals surface area contributed by atoms with Gasteiger partial charge in [0.05, 0.1) is 6.61 Å². The highest BCUT2D eigenvalue weighted by molar-refractivity contribution is 5.96. The molecule has 0 saturated heterocycles. The van der Waals surface area contributed by atoms with E-state index in [4.69, 9.17) is 4.74 Å². The standard InChI is InChI=1S/C32H35F2N3O3/c1-4-40-28-11-9-23(10-12-28)20-36(14-13-24-18-35-30-8-6-5-7-29(24)30)31(38)21-37(19-22(2)3)32(39)25-15-26(33)17-27(34)16-25/h5-12,15-18,22,35H,4,13-14,19-21H2,1-3H3. The van der Waals surface area contributed by atoms with Gasteiger partial charge in [0, 0.05) is 48.4 Å². The maximum absolute atomic E-state index is 13.9. The Morgan fingerprint density at radius 3 is 2.33 bits per heavy atom. The van der Waals surface area contributed by atoms with E-state index in [2.05, 4.69) is 4.98 Å². The summed E-state index contributed by atoms with van der Waals surface area (Å²) in [5, 5.41) is 1.10. The first-order valence-corrected chi connectivity index (χ1v) is 13.5. The summed E-state index contributed by atoms with van der Waals surface area (Å²) < 4.78 is 33.3. The number of rotatable bonds is 12. The van der Waals surface area contributed by atoms with Crippen LogP contribution in [0.15, 0.2) is 72.9 Å². The third-order valence-electron chi connectivity index (χ3n) is 6.59. The van der Waals surface area contributed by atoms with Gasteiger partial charge in [0.25, 0.3) is 5.91 Å². The molecule has 2 amide bonds. The van der Waals surface area contributed by atoms with Crippen molar-refractivity contribution in [1.29, 1.82) is 0 Å². The van der Waals surface area contributed by atoms with Crippen molar-refractivity contribution in [3.05, 3.63) is 101 Å². The fraction of sp³-hybridized carbons (Fsp3) is 0.312. The normalized spacial score (nSPS) is 11.2. The number of fused-ring (bicyclic) bond motifs is 1. The van der Waals surface area contributed by atoms with Gasteiger partial charge in [-0.25, -0.2) is 8.78 Å². The summed E-state index contributed by atoms with van der Waals surface area (Å²) in [4.78, 5) is 33.4. The number of carbonyl (C=O) groups is 2. The predicted octanol–water partition coefficient (Wildman–Crippen LogP) is 6.21. The second kappa shape index (κ2) is 13.2. The zero-order chi connectivity index (χ0) is 28.6. The number of nitrogens with one attached hydrogen (secondary N) is 1. The van der Waals surface area contributed by atoms with Gasteiger partial charge in [0.15, 0.2) is 0 Å². The van der Waals surface area contributed by atoms with Crippen molar-refractivity contribution in [1.82, 2.24) is 14.8 Å². The molecule has 0 aliphatic heterocycles. The zero-order valence-corrected chi connectivity index (χ0v) is 23.1. The number of aromatic amines is 1. The molecule has 0 fully saturated rings. The maximum Gasteiger partial charge on any atom is 0.254 e. The summed E-state index contributed by atoms with van der Waals surface area (Å²) in [6.45, 7) is 7.14. The fourth-order valence-corrected chi connectivity index (χ4v) is 4.75. The average molecular weight is 548 g/mol. The molecule has 3 aromatic carbocycles. The Bertz CT molecular complexity index is 1430. The third kappa shape index (κ3) is 7.46. The van der Waals surface area contributed by atoms with Gasteiger partial charge in [-0.15, -0.1) is 0 Å². The fourth-order valence-electron chi connectivity index (χ4n) is 4.75. The molecule has 8 heteroatoms. The van der Waals surface area contributed by atoms with E-state index in [0.29, 0.717) is 26.1 Å². The van der Waals surface area contributed by atoms with E-state index >= 15 is 0 Å². The molecule has 0 atom stereocenters. The number of halogens is 2. The Kier molecular flexibility index (Phi) is 9.53. The number of aromatic nitrogens is 1. The number of H-pyrrole nitrogens is 1. The molecule has 4 rings (SSSR count). The van der Waals surface area contributed by atoms with Gasteiger partial charge in [-0.2, -0.15) is 0 Å². The average Bonchev–Trinajstić information content (AvgIpc) is 3.33. The quantitative estimate of drug-likeness (QED) is 0.229. The van der Waals surface area contributed by atoms with E-state index in [-0.39, 0.29) is 30.5 Å². The smallest absolute Gasteiger partial charge is 0.254 e. The highest BCUT2D eigenvalue weighted by atomic mass is 19.1. The molecule has 0 radical (unpaired) electrons. The minimum atomic E-state index is -0.838. The van der Waals surface area contributed by atoms with Crippen LogP contribution in [0.4, 0.5) is 8.78 Å². The third-order valence-corrected chi connectivity index (χ3v) is 6.59. The Morgan fingerprint density at radius 1 is 0.950 bits per heavy atom. The molecule has 40 heavy (non-hydrogen) atoms. The molecule has 0 saturated carbocycles. The Balaban J connectivity index is 1.57. The zero-order valence-electron chi connectivity index (χ0n) is 23.1. The first kappa shape index (κ1) is 28.8. The lowest BCUT2D eigenvalue weighted by molar-refractivity contribution is -0.132. The van der Waals surface area contributed by atoms with Crippen molar-refractivity contribution >= 4 is 22.7 Å². The maximum atomic E-state index is 13.9. The van der Waals surface area contributed by atoms with Crippen LogP contribution in [0.5, 0.6) is 5.75 Å². The molecule has 1 heterocycles. The van der Waals surface area contributed by atoms with Gasteiger partial charge in [0.1, 0.15) is 23.9 Å². The van der Waals surface area contributed by atoms with Crippen molar-refractivity contribution < 1.29 is 23.1 Å². The Labute approximate surface area is 233 Å². The molecule has 1 N–H and O–H groups in total. The van der Waals surface area contributed by atoms with Crippen LogP contribution in [0.3, 0.4) is 0 Å². The van der Waals surface area contributed by atoms with Gasteiger partial charge in [-0.1, -0.05) is 44.2 Å². The van der Waals surface area contributed by atoms with Gasteiger partial charge < -0.3 is 19.5 Å². The van der Waals surface area contributed by atoms with Crippen molar-refractivity contribution in [3.63, 3.8) is 0 Å². The molecule has 6 nitrogen and oxygen atoms in total. The van der Waals surface area contributed by atoms with E-state index in [9.17, 15) is 18.4 Å². The van der Waals surface area contributed by atoms with Crippen LogP contribution in [0.25, 0.3) is 10.9 Å². The van der Waals surface area contributed by atoms with Crippen LogP contribution >= 0.6 is 0 Å². The molecule has 0 aliphatic rings. The minimum Gasteiger partial charge on any atom is -0.494 e. The Hall–Kier alpha value is -4.20. The molecule has 0 bridgehead atoms. The summed E-state index contributed by atoms with van der Waals surface area (Å²) in [7, 11) is 0. The summed E-state index contributed by atoms with van der Waals surface area (Å²) in [5.74, 6) is -1.72. The van der Waals surface area contributed by atoms with E-state index in [1.165, 1.54) is 4.90 Å². The molecule has 0 spiro atoms. The molecular formula is C32H35F2N3O3. The van der Waals surface area contributed by atoms with E-state index in [0.717, 1.165) is 46.0 Å². The van der Waals surface area contributed by atoms with Crippen molar-refractivity contribution in [3.8, 4) is 5.75 Å². The summed E-state index contributed by atoms with van der Waals surface area (Å²) >= 11 is 0.